The van der Waals surface area contributed by atoms with Gasteiger partial charge in [0.15, 0.2) is 0 Å². The van der Waals surface area contributed by atoms with Gasteiger partial charge in [0.25, 0.3) is 0 Å². The molecule has 0 saturated heterocycles. The zero-order valence-electron chi connectivity index (χ0n) is 18.4. The minimum atomic E-state index is -0.202. The van der Waals surface area contributed by atoms with E-state index in [9.17, 15) is 9.59 Å². The molecular formula is C24H27ClN4O2S. The maximum absolute atomic E-state index is 12.9. The van der Waals surface area contributed by atoms with Crippen LogP contribution in [0.5, 0.6) is 0 Å². The smallest absolute Gasteiger partial charge is 0.227 e. The van der Waals surface area contributed by atoms with Crippen molar-refractivity contribution in [2.45, 2.75) is 39.7 Å². The molecule has 0 saturated carbocycles. The molecule has 3 rings (SSSR count). The van der Waals surface area contributed by atoms with Gasteiger partial charge < -0.3 is 10.2 Å². The van der Waals surface area contributed by atoms with Crippen LogP contribution in [0.15, 0.2) is 54.6 Å². The second-order valence-corrected chi connectivity index (χ2v) is 9.40. The van der Waals surface area contributed by atoms with Crippen molar-refractivity contribution in [3.8, 4) is 10.6 Å². The van der Waals surface area contributed by atoms with E-state index in [2.05, 4.69) is 15.5 Å². The molecule has 3 aromatic rings. The van der Waals surface area contributed by atoms with Gasteiger partial charge in [-0.15, -0.1) is 10.2 Å². The van der Waals surface area contributed by atoms with Crippen molar-refractivity contribution < 1.29 is 9.59 Å². The summed E-state index contributed by atoms with van der Waals surface area (Å²) in [4.78, 5) is 27.3. The Hall–Kier alpha value is -2.77. The number of hydrogen-bond donors (Lipinski definition) is 1. The summed E-state index contributed by atoms with van der Waals surface area (Å²) < 4.78 is 0. The summed E-state index contributed by atoms with van der Waals surface area (Å²) in [6.07, 6.45) is 0.622. The van der Waals surface area contributed by atoms with Crippen molar-refractivity contribution in [2.24, 2.45) is 5.92 Å². The molecule has 2 aromatic carbocycles. The van der Waals surface area contributed by atoms with E-state index in [0.29, 0.717) is 28.1 Å². The van der Waals surface area contributed by atoms with Crippen molar-refractivity contribution in [3.05, 3.63) is 65.2 Å². The number of carbonyl (C=O) groups excluding carboxylic acids is 2. The molecule has 0 spiro atoms. The molecule has 1 aromatic heterocycles. The number of hydrogen-bond acceptors (Lipinski definition) is 5. The molecule has 0 bridgehead atoms. The van der Waals surface area contributed by atoms with E-state index in [1.807, 2.05) is 63.2 Å². The van der Waals surface area contributed by atoms with E-state index in [-0.39, 0.29) is 30.2 Å². The van der Waals surface area contributed by atoms with Crippen LogP contribution in [0.25, 0.3) is 10.6 Å². The summed E-state index contributed by atoms with van der Waals surface area (Å²) >= 11 is 7.22. The third-order valence-electron chi connectivity index (χ3n) is 4.99. The number of halogens is 1. The Morgan fingerprint density at radius 3 is 2.38 bits per heavy atom. The molecule has 1 atom stereocenters. The van der Waals surface area contributed by atoms with Gasteiger partial charge in [-0.1, -0.05) is 79.2 Å². The van der Waals surface area contributed by atoms with E-state index in [1.165, 1.54) is 11.3 Å². The summed E-state index contributed by atoms with van der Waals surface area (Å²) in [5.74, 6) is 0.0889. The van der Waals surface area contributed by atoms with E-state index in [1.54, 1.807) is 17.0 Å². The van der Waals surface area contributed by atoms with Crippen LogP contribution in [0.3, 0.4) is 0 Å². The summed E-state index contributed by atoms with van der Waals surface area (Å²) in [7, 11) is 0. The SMILES string of the molecule is CC(C)CC(=O)N(CCC(=O)Nc1nnc(-c2ccc(Cl)cc2)s1)[C@H](C)c1ccccc1. The average molecular weight is 471 g/mol. The van der Waals surface area contributed by atoms with Crippen molar-refractivity contribution in [1.29, 1.82) is 0 Å². The Labute approximate surface area is 197 Å². The molecule has 6 nitrogen and oxygen atoms in total. The van der Waals surface area contributed by atoms with Gasteiger partial charge in [-0.25, -0.2) is 0 Å². The largest absolute Gasteiger partial charge is 0.335 e. The fourth-order valence-electron chi connectivity index (χ4n) is 3.30. The van der Waals surface area contributed by atoms with Crippen molar-refractivity contribution in [1.82, 2.24) is 15.1 Å². The molecule has 168 valence electrons. The van der Waals surface area contributed by atoms with Crippen LogP contribution in [-0.2, 0) is 9.59 Å². The average Bonchev–Trinajstić information content (AvgIpc) is 3.22. The Bertz CT molecular complexity index is 1040. The monoisotopic (exact) mass is 470 g/mol. The molecule has 1 heterocycles. The summed E-state index contributed by atoms with van der Waals surface area (Å²) in [6, 6.07) is 17.0. The lowest BCUT2D eigenvalue weighted by Crippen LogP contribution is -2.36. The number of nitrogens with zero attached hydrogens (tertiary/aromatic N) is 3. The van der Waals surface area contributed by atoms with Gasteiger partial charge in [-0.3, -0.25) is 9.59 Å². The minimum Gasteiger partial charge on any atom is -0.335 e. The van der Waals surface area contributed by atoms with Gasteiger partial charge in [0, 0.05) is 30.0 Å². The fraction of sp³-hybridized carbons (Fsp3) is 0.333. The van der Waals surface area contributed by atoms with E-state index in [0.717, 1.165) is 11.1 Å². The molecule has 0 unspecified atom stereocenters. The lowest BCUT2D eigenvalue weighted by atomic mass is 10.0. The first-order valence-electron chi connectivity index (χ1n) is 10.6. The normalized spacial score (nSPS) is 11.9. The van der Waals surface area contributed by atoms with Gasteiger partial charge in [-0.2, -0.15) is 0 Å². The van der Waals surface area contributed by atoms with Crippen LogP contribution in [0.4, 0.5) is 5.13 Å². The van der Waals surface area contributed by atoms with E-state index >= 15 is 0 Å². The van der Waals surface area contributed by atoms with E-state index < -0.39 is 0 Å². The minimum absolute atomic E-state index is 0.0464. The molecule has 32 heavy (non-hydrogen) atoms. The van der Waals surface area contributed by atoms with Crippen molar-refractivity contribution in [3.63, 3.8) is 0 Å². The fourth-order valence-corrected chi connectivity index (χ4v) is 4.19. The second-order valence-electron chi connectivity index (χ2n) is 7.99. The van der Waals surface area contributed by atoms with Crippen LogP contribution < -0.4 is 5.32 Å². The number of rotatable bonds is 9. The van der Waals surface area contributed by atoms with Crippen LogP contribution in [-0.4, -0.2) is 33.5 Å². The highest BCUT2D eigenvalue weighted by atomic mass is 35.5. The number of aromatic nitrogens is 2. The number of anilines is 1. The second kappa shape index (κ2) is 11.2. The quantitative estimate of drug-likeness (QED) is 0.427. The van der Waals surface area contributed by atoms with Gasteiger partial charge in [0.1, 0.15) is 5.01 Å². The molecule has 0 radical (unpaired) electrons. The molecule has 1 N–H and O–H groups in total. The molecule has 0 fully saturated rings. The predicted octanol–water partition coefficient (Wildman–Crippen LogP) is 5.82. The maximum atomic E-state index is 12.9. The van der Waals surface area contributed by atoms with Gasteiger partial charge >= 0.3 is 0 Å². The maximum Gasteiger partial charge on any atom is 0.227 e. The zero-order chi connectivity index (χ0) is 23.1. The number of benzene rings is 2. The van der Waals surface area contributed by atoms with Gasteiger partial charge in [-0.05, 0) is 30.5 Å². The topological polar surface area (TPSA) is 75.2 Å². The highest BCUT2D eigenvalue weighted by Crippen LogP contribution is 2.27. The lowest BCUT2D eigenvalue weighted by Gasteiger charge is -2.30. The number of amides is 2. The van der Waals surface area contributed by atoms with Gasteiger partial charge in [0.05, 0.1) is 6.04 Å². The Balaban J connectivity index is 1.63. The highest BCUT2D eigenvalue weighted by molar-refractivity contribution is 7.18. The first-order valence-corrected chi connectivity index (χ1v) is 11.8. The molecule has 0 aliphatic carbocycles. The highest BCUT2D eigenvalue weighted by Gasteiger charge is 2.23. The Morgan fingerprint density at radius 2 is 1.72 bits per heavy atom. The first kappa shape index (κ1) is 23.9. The van der Waals surface area contributed by atoms with Crippen molar-refractivity contribution >= 4 is 39.9 Å². The summed E-state index contributed by atoms with van der Waals surface area (Å²) in [6.45, 7) is 6.36. The molecular weight excluding hydrogens is 444 g/mol. The van der Waals surface area contributed by atoms with Crippen LogP contribution in [0, 0.1) is 5.92 Å². The Kier molecular flexibility index (Phi) is 8.36. The number of carbonyl (C=O) groups is 2. The van der Waals surface area contributed by atoms with Gasteiger partial charge in [0.2, 0.25) is 16.9 Å². The molecule has 0 aliphatic rings. The molecule has 0 aliphatic heterocycles. The van der Waals surface area contributed by atoms with Crippen molar-refractivity contribution in [2.75, 3.05) is 11.9 Å². The van der Waals surface area contributed by atoms with Crippen LogP contribution in [0.2, 0.25) is 5.02 Å². The summed E-state index contributed by atoms with van der Waals surface area (Å²) in [5, 5.41) is 12.8. The van der Waals surface area contributed by atoms with Crippen LogP contribution >= 0.6 is 22.9 Å². The molecule has 2 amide bonds. The van der Waals surface area contributed by atoms with E-state index in [4.69, 9.17) is 11.6 Å². The zero-order valence-corrected chi connectivity index (χ0v) is 20.0. The number of nitrogens with one attached hydrogen (secondary N) is 1. The lowest BCUT2D eigenvalue weighted by molar-refractivity contribution is -0.134. The third kappa shape index (κ3) is 6.61. The molecule has 8 heteroatoms. The Morgan fingerprint density at radius 1 is 1.03 bits per heavy atom. The standard InChI is InChI=1S/C24H27ClN4O2S/c1-16(2)15-22(31)29(17(3)18-7-5-4-6-8-18)14-13-21(30)26-24-28-27-23(32-24)19-9-11-20(25)12-10-19/h4-12,16-17H,13-15H2,1-3H3,(H,26,28,30)/t17-/m1/s1. The summed E-state index contributed by atoms with van der Waals surface area (Å²) in [5.41, 5.74) is 1.93. The van der Waals surface area contributed by atoms with Crippen LogP contribution in [0.1, 0.15) is 45.2 Å². The predicted molar refractivity (Wildman–Crippen MR) is 130 cm³/mol. The third-order valence-corrected chi connectivity index (χ3v) is 6.13. The first-order chi connectivity index (χ1) is 15.3.